The lowest BCUT2D eigenvalue weighted by atomic mass is 10.4. The molecule has 0 amide bonds. The smallest absolute Gasteiger partial charge is 0.215 e. The van der Waals surface area contributed by atoms with E-state index in [9.17, 15) is 0 Å². The summed E-state index contributed by atoms with van der Waals surface area (Å²) in [5.74, 6) is 1.59. The van der Waals surface area contributed by atoms with Crippen LogP contribution in [0.2, 0.25) is 0 Å². The van der Waals surface area contributed by atoms with E-state index in [0.29, 0.717) is 12.5 Å². The van der Waals surface area contributed by atoms with E-state index in [0.717, 1.165) is 31.7 Å². The van der Waals surface area contributed by atoms with Crippen molar-refractivity contribution in [2.24, 2.45) is 0 Å². The van der Waals surface area contributed by atoms with E-state index in [-0.39, 0.29) is 0 Å². The number of ether oxygens (including phenoxy) is 1. The van der Waals surface area contributed by atoms with Gasteiger partial charge in [0.15, 0.2) is 0 Å². The van der Waals surface area contributed by atoms with Gasteiger partial charge in [-0.05, 0) is 33.0 Å². The molecule has 0 aromatic carbocycles. The van der Waals surface area contributed by atoms with Crippen LogP contribution >= 0.6 is 0 Å². The number of anilines is 1. The van der Waals surface area contributed by atoms with E-state index < -0.39 is 0 Å². The number of aromatic nitrogens is 1. The van der Waals surface area contributed by atoms with Crippen LogP contribution in [0.25, 0.3) is 0 Å². The first-order chi connectivity index (χ1) is 8.22. The first-order valence-electron chi connectivity index (χ1n) is 6.21. The average molecular weight is 237 g/mol. The molecular formula is C13H23N3O. The van der Waals surface area contributed by atoms with E-state index in [1.807, 2.05) is 18.2 Å². The Morgan fingerprint density at radius 3 is 2.88 bits per heavy atom. The van der Waals surface area contributed by atoms with E-state index >= 15 is 0 Å². The largest absolute Gasteiger partial charge is 0.478 e. The lowest BCUT2D eigenvalue weighted by Crippen LogP contribution is -2.15. The minimum absolute atomic E-state index is 0.699. The molecule has 0 saturated carbocycles. The van der Waals surface area contributed by atoms with E-state index in [2.05, 4.69) is 36.2 Å². The van der Waals surface area contributed by atoms with Gasteiger partial charge in [0.05, 0.1) is 6.61 Å². The molecule has 0 radical (unpaired) electrons. The quantitative estimate of drug-likeness (QED) is 0.704. The summed E-state index contributed by atoms with van der Waals surface area (Å²) in [5, 5.41) is 3.24. The van der Waals surface area contributed by atoms with Gasteiger partial charge >= 0.3 is 0 Å². The van der Waals surface area contributed by atoms with Gasteiger partial charge in [-0.2, -0.15) is 4.98 Å². The molecule has 1 heterocycles. The first-order valence-corrected chi connectivity index (χ1v) is 6.21. The molecule has 0 aliphatic rings. The topological polar surface area (TPSA) is 37.4 Å². The number of nitrogens with one attached hydrogen (secondary N) is 1. The number of pyridine rings is 1. The highest BCUT2D eigenvalue weighted by molar-refractivity contribution is 5.36. The summed E-state index contributed by atoms with van der Waals surface area (Å²) in [7, 11) is 4.13. The fourth-order valence-electron chi connectivity index (χ4n) is 1.40. The molecule has 0 aliphatic carbocycles. The van der Waals surface area contributed by atoms with Crippen LogP contribution in [0.3, 0.4) is 0 Å². The Kier molecular flexibility index (Phi) is 6.40. The predicted molar refractivity (Wildman–Crippen MR) is 71.7 cm³/mol. The molecule has 96 valence electrons. The lowest BCUT2D eigenvalue weighted by molar-refractivity contribution is 0.273. The maximum atomic E-state index is 5.60. The van der Waals surface area contributed by atoms with Crippen LogP contribution in [0, 0.1) is 0 Å². The zero-order chi connectivity index (χ0) is 12.5. The third-order valence-corrected chi connectivity index (χ3v) is 2.28. The second kappa shape index (κ2) is 7.90. The Labute approximate surface area is 104 Å². The Morgan fingerprint density at radius 2 is 2.18 bits per heavy atom. The number of rotatable bonds is 8. The van der Waals surface area contributed by atoms with Gasteiger partial charge in [0.2, 0.25) is 5.88 Å². The van der Waals surface area contributed by atoms with Gasteiger partial charge in [-0.15, -0.1) is 0 Å². The standard InChI is InChI=1S/C13H23N3O/c1-4-9-14-12-7-5-8-13(15-12)17-11-6-10-16(2)3/h5,7-8H,4,6,9-11H2,1-3H3,(H,14,15). The van der Waals surface area contributed by atoms with Crippen LogP contribution < -0.4 is 10.1 Å². The Bertz CT molecular complexity index is 315. The van der Waals surface area contributed by atoms with Gasteiger partial charge in [0, 0.05) is 19.2 Å². The highest BCUT2D eigenvalue weighted by Gasteiger charge is 1.98. The van der Waals surface area contributed by atoms with Crippen molar-refractivity contribution in [3.8, 4) is 5.88 Å². The maximum absolute atomic E-state index is 5.60. The average Bonchev–Trinajstić information content (AvgIpc) is 2.32. The van der Waals surface area contributed by atoms with Crippen molar-refractivity contribution in [2.45, 2.75) is 19.8 Å². The normalized spacial score (nSPS) is 10.6. The zero-order valence-corrected chi connectivity index (χ0v) is 11.1. The van der Waals surface area contributed by atoms with Crippen molar-refractivity contribution in [1.82, 2.24) is 9.88 Å². The first kappa shape index (κ1) is 13.8. The molecule has 0 bridgehead atoms. The fraction of sp³-hybridized carbons (Fsp3) is 0.615. The summed E-state index contributed by atoms with van der Waals surface area (Å²) in [6, 6.07) is 5.82. The molecule has 4 heteroatoms. The Balaban J connectivity index is 2.32. The summed E-state index contributed by atoms with van der Waals surface area (Å²) in [5.41, 5.74) is 0. The van der Waals surface area contributed by atoms with Crippen molar-refractivity contribution >= 4 is 5.82 Å². The van der Waals surface area contributed by atoms with Crippen LogP contribution in [-0.2, 0) is 0 Å². The molecular weight excluding hydrogens is 214 g/mol. The molecule has 1 N–H and O–H groups in total. The van der Waals surface area contributed by atoms with Crippen molar-refractivity contribution in [3.63, 3.8) is 0 Å². The monoisotopic (exact) mass is 237 g/mol. The molecule has 0 unspecified atom stereocenters. The highest BCUT2D eigenvalue weighted by Crippen LogP contribution is 2.11. The van der Waals surface area contributed by atoms with Crippen LogP contribution in [0.15, 0.2) is 18.2 Å². The van der Waals surface area contributed by atoms with Gasteiger partial charge in [-0.1, -0.05) is 13.0 Å². The van der Waals surface area contributed by atoms with E-state index in [1.54, 1.807) is 0 Å². The molecule has 0 fully saturated rings. The lowest BCUT2D eigenvalue weighted by Gasteiger charge is -2.10. The highest BCUT2D eigenvalue weighted by atomic mass is 16.5. The second-order valence-corrected chi connectivity index (χ2v) is 4.29. The zero-order valence-electron chi connectivity index (χ0n) is 11.1. The summed E-state index contributed by atoms with van der Waals surface area (Å²) < 4.78 is 5.60. The second-order valence-electron chi connectivity index (χ2n) is 4.29. The minimum Gasteiger partial charge on any atom is -0.478 e. The van der Waals surface area contributed by atoms with E-state index in [1.165, 1.54) is 0 Å². The SMILES string of the molecule is CCCNc1cccc(OCCCN(C)C)n1. The summed E-state index contributed by atoms with van der Waals surface area (Å²) in [4.78, 5) is 6.53. The Hall–Kier alpha value is -1.29. The number of nitrogens with zero attached hydrogens (tertiary/aromatic N) is 2. The molecule has 1 rings (SSSR count). The van der Waals surface area contributed by atoms with Gasteiger partial charge in [0.1, 0.15) is 5.82 Å². The predicted octanol–water partition coefficient (Wildman–Crippen LogP) is 2.23. The molecule has 4 nitrogen and oxygen atoms in total. The van der Waals surface area contributed by atoms with Crippen molar-refractivity contribution in [3.05, 3.63) is 18.2 Å². The maximum Gasteiger partial charge on any atom is 0.215 e. The molecule has 17 heavy (non-hydrogen) atoms. The Morgan fingerprint density at radius 1 is 1.35 bits per heavy atom. The van der Waals surface area contributed by atoms with Crippen LogP contribution in [0.1, 0.15) is 19.8 Å². The van der Waals surface area contributed by atoms with Crippen molar-refractivity contribution in [1.29, 1.82) is 0 Å². The third-order valence-electron chi connectivity index (χ3n) is 2.28. The molecule has 1 aromatic rings. The fourth-order valence-corrected chi connectivity index (χ4v) is 1.40. The van der Waals surface area contributed by atoms with Gasteiger partial charge < -0.3 is 15.0 Å². The van der Waals surface area contributed by atoms with Gasteiger partial charge in [0.25, 0.3) is 0 Å². The number of hydrogen-bond acceptors (Lipinski definition) is 4. The van der Waals surface area contributed by atoms with Crippen LogP contribution in [0.5, 0.6) is 5.88 Å². The van der Waals surface area contributed by atoms with Crippen molar-refractivity contribution < 1.29 is 4.74 Å². The van der Waals surface area contributed by atoms with Gasteiger partial charge in [-0.3, -0.25) is 0 Å². The van der Waals surface area contributed by atoms with Gasteiger partial charge in [-0.25, -0.2) is 0 Å². The molecule has 1 aromatic heterocycles. The van der Waals surface area contributed by atoms with E-state index in [4.69, 9.17) is 4.74 Å². The van der Waals surface area contributed by atoms with Crippen LogP contribution in [-0.4, -0.2) is 43.7 Å². The van der Waals surface area contributed by atoms with Crippen molar-refractivity contribution in [2.75, 3.05) is 39.1 Å². The molecule has 0 saturated heterocycles. The van der Waals surface area contributed by atoms with Crippen LogP contribution in [0.4, 0.5) is 5.82 Å². The summed E-state index contributed by atoms with van der Waals surface area (Å²) >= 11 is 0. The number of hydrogen-bond donors (Lipinski definition) is 1. The summed E-state index contributed by atoms with van der Waals surface area (Å²) in [6.07, 6.45) is 2.11. The molecule has 0 atom stereocenters. The minimum atomic E-state index is 0.699. The summed E-state index contributed by atoms with van der Waals surface area (Å²) in [6.45, 7) is 4.82. The third kappa shape index (κ3) is 6.12. The molecule has 0 aliphatic heterocycles. The molecule has 0 spiro atoms.